The zero-order valence-electron chi connectivity index (χ0n) is 8.12. The van der Waals surface area contributed by atoms with E-state index in [9.17, 15) is 0 Å². The number of hydrogen-bond acceptors (Lipinski definition) is 1. The molecule has 0 spiro atoms. The van der Waals surface area contributed by atoms with Gasteiger partial charge in [-0.25, -0.2) is 0 Å². The van der Waals surface area contributed by atoms with Gasteiger partial charge in [0.1, 0.15) is 0 Å². The maximum Gasteiger partial charge on any atom is 0.0592 e. The summed E-state index contributed by atoms with van der Waals surface area (Å²) in [5.74, 6) is 2.87. The first-order valence-electron chi connectivity index (χ1n) is 4.70. The summed E-state index contributed by atoms with van der Waals surface area (Å²) in [7, 11) is 0. The van der Waals surface area contributed by atoms with Gasteiger partial charge in [-0.2, -0.15) is 5.10 Å². The molecule has 2 heteroatoms. The summed E-state index contributed by atoms with van der Waals surface area (Å²) >= 11 is 0. The lowest BCUT2D eigenvalue weighted by atomic mass is 10.0. The van der Waals surface area contributed by atoms with E-state index in [-0.39, 0.29) is 5.41 Å². The highest BCUT2D eigenvalue weighted by atomic mass is 15.3. The van der Waals surface area contributed by atoms with Crippen molar-refractivity contribution in [1.29, 1.82) is 0 Å². The van der Waals surface area contributed by atoms with Gasteiger partial charge in [0.15, 0.2) is 0 Å². The molecule has 1 aliphatic rings. The van der Waals surface area contributed by atoms with Crippen LogP contribution in [-0.4, -0.2) is 9.78 Å². The Balaban J connectivity index is 2.29. The van der Waals surface area contributed by atoms with E-state index in [0.717, 1.165) is 12.8 Å². The number of hydrogen-bond donors (Lipinski definition) is 0. The van der Waals surface area contributed by atoms with Crippen LogP contribution in [0.25, 0.3) is 0 Å². The van der Waals surface area contributed by atoms with Gasteiger partial charge in [0.2, 0.25) is 0 Å². The Morgan fingerprint density at radius 3 is 2.69 bits per heavy atom. The summed E-state index contributed by atoms with van der Waals surface area (Å²) in [5, 5.41) is 4.29. The summed E-state index contributed by atoms with van der Waals surface area (Å²) in [4.78, 5) is 0. The molecular weight excluding hydrogens is 160 g/mol. The van der Waals surface area contributed by atoms with E-state index in [0.29, 0.717) is 6.04 Å². The Morgan fingerprint density at radius 1 is 1.62 bits per heavy atom. The molecule has 0 bridgehead atoms. The van der Waals surface area contributed by atoms with Crippen molar-refractivity contribution in [3.8, 4) is 12.3 Å². The Morgan fingerprint density at radius 2 is 2.31 bits per heavy atom. The molecule has 0 saturated heterocycles. The topological polar surface area (TPSA) is 17.8 Å². The predicted octanol–water partition coefficient (Wildman–Crippen LogP) is 2.13. The third kappa shape index (κ3) is 1.25. The first-order chi connectivity index (χ1) is 6.18. The molecule has 0 unspecified atom stereocenters. The molecule has 1 saturated carbocycles. The quantitative estimate of drug-likeness (QED) is 0.628. The van der Waals surface area contributed by atoms with Crippen LogP contribution in [0, 0.1) is 12.3 Å². The highest BCUT2D eigenvalue weighted by Crippen LogP contribution is 2.47. The van der Waals surface area contributed by atoms with E-state index in [1.807, 2.05) is 10.9 Å². The standard InChI is InChI=1S/C11H14N2/c1-4-11(5-6-11)10-7-12-13(8-10)9(2)3/h1,7-9H,5-6H2,2-3H3. The molecular formula is C11H14N2. The lowest BCUT2D eigenvalue weighted by molar-refractivity contribution is 0.532. The van der Waals surface area contributed by atoms with Crippen molar-refractivity contribution in [2.75, 3.05) is 0 Å². The smallest absolute Gasteiger partial charge is 0.0592 e. The van der Waals surface area contributed by atoms with E-state index in [1.54, 1.807) is 0 Å². The molecule has 0 aliphatic heterocycles. The van der Waals surface area contributed by atoms with Crippen molar-refractivity contribution < 1.29 is 0 Å². The van der Waals surface area contributed by atoms with Crippen molar-refractivity contribution in [2.24, 2.45) is 0 Å². The Bertz CT molecular complexity index is 350. The highest BCUT2D eigenvalue weighted by molar-refractivity contribution is 5.38. The molecule has 0 amide bonds. The molecule has 2 rings (SSSR count). The van der Waals surface area contributed by atoms with Crippen LogP contribution in [0.2, 0.25) is 0 Å². The zero-order valence-corrected chi connectivity index (χ0v) is 8.12. The minimum Gasteiger partial charge on any atom is -0.270 e. The molecule has 0 radical (unpaired) electrons. The number of aromatic nitrogens is 2. The normalized spacial score (nSPS) is 18.6. The van der Waals surface area contributed by atoms with Gasteiger partial charge in [-0.15, -0.1) is 6.42 Å². The largest absolute Gasteiger partial charge is 0.270 e. The predicted molar refractivity (Wildman–Crippen MR) is 52.4 cm³/mol. The third-order valence-electron chi connectivity index (χ3n) is 2.71. The first kappa shape index (κ1) is 8.37. The molecule has 0 aromatic carbocycles. The minimum atomic E-state index is 0.0349. The average molecular weight is 174 g/mol. The fraction of sp³-hybridized carbons (Fsp3) is 0.545. The maximum absolute atomic E-state index is 5.50. The monoisotopic (exact) mass is 174 g/mol. The minimum absolute atomic E-state index is 0.0349. The Kier molecular flexibility index (Phi) is 1.69. The van der Waals surface area contributed by atoms with Gasteiger partial charge < -0.3 is 0 Å². The van der Waals surface area contributed by atoms with E-state index >= 15 is 0 Å². The first-order valence-corrected chi connectivity index (χ1v) is 4.70. The van der Waals surface area contributed by atoms with Crippen molar-refractivity contribution >= 4 is 0 Å². The Labute approximate surface area is 79.0 Å². The summed E-state index contributed by atoms with van der Waals surface area (Å²) in [6.07, 6.45) is 11.7. The number of nitrogens with zero attached hydrogens (tertiary/aromatic N) is 2. The second-order valence-electron chi connectivity index (χ2n) is 4.03. The fourth-order valence-corrected chi connectivity index (χ4v) is 1.51. The van der Waals surface area contributed by atoms with Gasteiger partial charge in [0.25, 0.3) is 0 Å². The highest BCUT2D eigenvalue weighted by Gasteiger charge is 2.43. The molecule has 1 aromatic rings. The van der Waals surface area contributed by atoms with Crippen molar-refractivity contribution in [3.05, 3.63) is 18.0 Å². The lowest BCUT2D eigenvalue weighted by Gasteiger charge is -2.04. The van der Waals surface area contributed by atoms with E-state index in [2.05, 4.69) is 31.1 Å². The van der Waals surface area contributed by atoms with Crippen molar-refractivity contribution in [1.82, 2.24) is 9.78 Å². The average Bonchev–Trinajstić information content (AvgIpc) is 2.75. The van der Waals surface area contributed by atoms with Gasteiger partial charge in [0.05, 0.1) is 11.6 Å². The SMILES string of the molecule is C#CC1(c2cnn(C(C)C)c2)CC1. The third-order valence-corrected chi connectivity index (χ3v) is 2.71. The second-order valence-corrected chi connectivity index (χ2v) is 4.03. The van der Waals surface area contributed by atoms with Crippen molar-refractivity contribution in [3.63, 3.8) is 0 Å². The number of rotatable bonds is 2. The summed E-state index contributed by atoms with van der Waals surface area (Å²) < 4.78 is 1.97. The molecule has 1 fully saturated rings. The number of terminal acetylenes is 1. The fourth-order valence-electron chi connectivity index (χ4n) is 1.51. The lowest BCUT2D eigenvalue weighted by Crippen LogP contribution is -2.02. The van der Waals surface area contributed by atoms with Crippen LogP contribution in [0.15, 0.2) is 12.4 Å². The van der Waals surface area contributed by atoms with Crippen LogP contribution in [0.3, 0.4) is 0 Å². The van der Waals surface area contributed by atoms with Gasteiger partial charge in [-0.1, -0.05) is 5.92 Å². The molecule has 1 aliphatic carbocycles. The molecule has 68 valence electrons. The van der Waals surface area contributed by atoms with Crippen LogP contribution in [0.4, 0.5) is 0 Å². The zero-order chi connectivity index (χ0) is 9.47. The van der Waals surface area contributed by atoms with Crippen LogP contribution in [0.1, 0.15) is 38.3 Å². The van der Waals surface area contributed by atoms with E-state index < -0.39 is 0 Å². The summed E-state index contributed by atoms with van der Waals surface area (Å²) in [6, 6.07) is 0.419. The van der Waals surface area contributed by atoms with Crippen LogP contribution < -0.4 is 0 Å². The second kappa shape index (κ2) is 2.63. The van der Waals surface area contributed by atoms with Crippen LogP contribution >= 0.6 is 0 Å². The summed E-state index contributed by atoms with van der Waals surface area (Å²) in [5.41, 5.74) is 1.25. The van der Waals surface area contributed by atoms with Crippen LogP contribution in [-0.2, 0) is 5.41 Å². The Hall–Kier alpha value is -1.23. The maximum atomic E-state index is 5.50. The van der Waals surface area contributed by atoms with Gasteiger partial charge in [-0.3, -0.25) is 4.68 Å². The van der Waals surface area contributed by atoms with Gasteiger partial charge >= 0.3 is 0 Å². The molecule has 1 aromatic heterocycles. The van der Waals surface area contributed by atoms with Crippen molar-refractivity contribution in [2.45, 2.75) is 38.1 Å². The van der Waals surface area contributed by atoms with Crippen LogP contribution in [0.5, 0.6) is 0 Å². The molecule has 2 nitrogen and oxygen atoms in total. The van der Waals surface area contributed by atoms with E-state index in [4.69, 9.17) is 6.42 Å². The molecule has 13 heavy (non-hydrogen) atoms. The summed E-state index contributed by atoms with van der Waals surface area (Å²) in [6.45, 7) is 4.23. The molecule has 1 heterocycles. The van der Waals surface area contributed by atoms with E-state index in [1.165, 1.54) is 5.56 Å². The molecule has 0 atom stereocenters. The van der Waals surface area contributed by atoms with Gasteiger partial charge in [-0.05, 0) is 26.7 Å². The molecule has 0 N–H and O–H groups in total. The van der Waals surface area contributed by atoms with Gasteiger partial charge in [0, 0.05) is 17.8 Å².